The van der Waals surface area contributed by atoms with Gasteiger partial charge in [-0.3, -0.25) is 9.59 Å². The summed E-state index contributed by atoms with van der Waals surface area (Å²) in [7, 11) is 0. The molecule has 1 fully saturated rings. The van der Waals surface area contributed by atoms with Gasteiger partial charge in [0.2, 0.25) is 11.8 Å². The van der Waals surface area contributed by atoms with Gasteiger partial charge in [0, 0.05) is 32.1 Å². The van der Waals surface area contributed by atoms with E-state index in [4.69, 9.17) is 0 Å². The van der Waals surface area contributed by atoms with Crippen LogP contribution in [0.1, 0.15) is 40.0 Å². The fourth-order valence-electron chi connectivity index (χ4n) is 3.11. The minimum atomic E-state index is -0.878. The molecule has 2 rings (SSSR count). The molecule has 0 aromatic carbocycles. The first-order valence-corrected chi connectivity index (χ1v) is 7.73. The summed E-state index contributed by atoms with van der Waals surface area (Å²) < 4.78 is 0. The SMILES string of the molecule is CC(C)(C)C1CCN(C(=O)CCN2C(=O)C=CC2O)CC1. The summed E-state index contributed by atoms with van der Waals surface area (Å²) >= 11 is 0. The minimum Gasteiger partial charge on any atom is -0.370 e. The maximum Gasteiger partial charge on any atom is 0.248 e. The van der Waals surface area contributed by atoms with E-state index in [1.165, 1.54) is 17.1 Å². The van der Waals surface area contributed by atoms with Crippen LogP contribution in [-0.2, 0) is 9.59 Å². The number of carbonyl (C=O) groups excluding carboxylic acids is 2. The highest BCUT2D eigenvalue weighted by molar-refractivity contribution is 5.90. The molecule has 0 radical (unpaired) electrons. The fraction of sp³-hybridized carbons (Fsp3) is 0.750. The molecular weight excluding hydrogens is 268 g/mol. The van der Waals surface area contributed by atoms with E-state index in [1.807, 2.05) is 4.90 Å². The van der Waals surface area contributed by atoms with Crippen LogP contribution in [0, 0.1) is 11.3 Å². The largest absolute Gasteiger partial charge is 0.370 e. The highest BCUT2D eigenvalue weighted by atomic mass is 16.3. The summed E-state index contributed by atoms with van der Waals surface area (Å²) in [6.07, 6.45) is 4.29. The van der Waals surface area contributed by atoms with E-state index in [-0.39, 0.29) is 24.8 Å². The zero-order valence-corrected chi connectivity index (χ0v) is 13.2. The van der Waals surface area contributed by atoms with E-state index < -0.39 is 6.23 Å². The Balaban J connectivity index is 1.77. The third-order valence-electron chi connectivity index (χ3n) is 4.65. The van der Waals surface area contributed by atoms with Crippen LogP contribution in [0.2, 0.25) is 0 Å². The Kier molecular flexibility index (Phi) is 4.71. The number of likely N-dealkylation sites (tertiary alicyclic amines) is 1. The van der Waals surface area contributed by atoms with Crippen LogP contribution in [-0.4, -0.2) is 52.6 Å². The maximum atomic E-state index is 12.2. The van der Waals surface area contributed by atoms with Crippen molar-refractivity contribution in [2.45, 2.75) is 46.3 Å². The first-order valence-electron chi connectivity index (χ1n) is 7.73. The molecule has 0 aliphatic carbocycles. The van der Waals surface area contributed by atoms with Gasteiger partial charge in [0.15, 0.2) is 0 Å². The quantitative estimate of drug-likeness (QED) is 0.855. The van der Waals surface area contributed by atoms with Crippen molar-refractivity contribution in [2.24, 2.45) is 11.3 Å². The highest BCUT2D eigenvalue weighted by Gasteiger charge is 2.31. The van der Waals surface area contributed by atoms with Crippen molar-refractivity contribution >= 4 is 11.8 Å². The van der Waals surface area contributed by atoms with E-state index in [2.05, 4.69) is 20.8 Å². The molecule has 2 aliphatic heterocycles. The molecule has 5 heteroatoms. The molecule has 0 spiro atoms. The standard InChI is InChI=1S/C16H26N2O3/c1-16(2,3)12-6-9-17(10-7-12)13(19)8-11-18-14(20)4-5-15(18)21/h4-5,12,14,20H,6-11H2,1-3H3. The predicted octanol–water partition coefficient (Wildman–Crippen LogP) is 1.38. The molecule has 2 amide bonds. The number of piperidine rings is 1. The van der Waals surface area contributed by atoms with Gasteiger partial charge in [0.05, 0.1) is 0 Å². The second-order valence-electron chi connectivity index (χ2n) is 7.08. The first kappa shape index (κ1) is 16.0. The number of aliphatic hydroxyl groups is 1. The van der Waals surface area contributed by atoms with E-state index >= 15 is 0 Å². The van der Waals surface area contributed by atoms with Crippen molar-refractivity contribution in [2.75, 3.05) is 19.6 Å². The number of aliphatic hydroxyl groups excluding tert-OH is 1. The smallest absolute Gasteiger partial charge is 0.248 e. The third-order valence-corrected chi connectivity index (χ3v) is 4.65. The minimum absolute atomic E-state index is 0.0780. The Labute approximate surface area is 126 Å². The maximum absolute atomic E-state index is 12.2. The second kappa shape index (κ2) is 6.18. The van der Waals surface area contributed by atoms with Crippen LogP contribution in [0.4, 0.5) is 0 Å². The molecule has 1 atom stereocenters. The van der Waals surface area contributed by atoms with Crippen molar-refractivity contribution in [3.05, 3.63) is 12.2 Å². The molecule has 2 aliphatic rings. The van der Waals surface area contributed by atoms with Crippen LogP contribution in [0.3, 0.4) is 0 Å². The number of carbonyl (C=O) groups is 2. The molecule has 1 N–H and O–H groups in total. The van der Waals surface area contributed by atoms with Gasteiger partial charge in [-0.05, 0) is 30.3 Å². The van der Waals surface area contributed by atoms with E-state index in [9.17, 15) is 14.7 Å². The molecule has 0 aromatic rings. The van der Waals surface area contributed by atoms with Crippen LogP contribution < -0.4 is 0 Å². The van der Waals surface area contributed by atoms with Crippen LogP contribution in [0.15, 0.2) is 12.2 Å². The monoisotopic (exact) mass is 294 g/mol. The summed E-state index contributed by atoms with van der Waals surface area (Å²) in [6.45, 7) is 8.64. The van der Waals surface area contributed by atoms with Crippen molar-refractivity contribution in [1.82, 2.24) is 9.80 Å². The normalized spacial score (nSPS) is 24.0. The predicted molar refractivity (Wildman–Crippen MR) is 80.2 cm³/mol. The lowest BCUT2D eigenvalue weighted by Gasteiger charge is -2.39. The molecule has 1 saturated heterocycles. The van der Waals surface area contributed by atoms with Crippen LogP contribution in [0.5, 0.6) is 0 Å². The molecule has 0 saturated carbocycles. The lowest BCUT2D eigenvalue weighted by atomic mass is 9.75. The zero-order valence-electron chi connectivity index (χ0n) is 13.2. The van der Waals surface area contributed by atoms with Gasteiger partial charge < -0.3 is 14.9 Å². The Morgan fingerprint density at radius 1 is 1.33 bits per heavy atom. The topological polar surface area (TPSA) is 60.9 Å². The number of hydrogen-bond acceptors (Lipinski definition) is 3. The Morgan fingerprint density at radius 3 is 2.43 bits per heavy atom. The van der Waals surface area contributed by atoms with Gasteiger partial charge in [0.25, 0.3) is 0 Å². The molecule has 118 valence electrons. The lowest BCUT2D eigenvalue weighted by molar-refractivity contribution is -0.136. The van der Waals surface area contributed by atoms with Gasteiger partial charge in [-0.1, -0.05) is 20.8 Å². The number of nitrogens with zero attached hydrogens (tertiary/aromatic N) is 2. The van der Waals surface area contributed by atoms with E-state index in [1.54, 1.807) is 0 Å². The van der Waals surface area contributed by atoms with Gasteiger partial charge in [-0.15, -0.1) is 0 Å². The van der Waals surface area contributed by atoms with Crippen molar-refractivity contribution in [3.63, 3.8) is 0 Å². The molecule has 0 bridgehead atoms. The summed E-state index contributed by atoms with van der Waals surface area (Å²) in [5.74, 6) is 0.517. The Bertz CT molecular complexity index is 431. The summed E-state index contributed by atoms with van der Waals surface area (Å²) in [5, 5.41) is 9.60. The molecule has 0 aromatic heterocycles. The van der Waals surface area contributed by atoms with Gasteiger partial charge >= 0.3 is 0 Å². The average Bonchev–Trinajstić information content (AvgIpc) is 2.75. The van der Waals surface area contributed by atoms with Gasteiger partial charge in [-0.2, -0.15) is 0 Å². The molecular formula is C16H26N2O3. The average molecular weight is 294 g/mol. The number of rotatable bonds is 3. The molecule has 21 heavy (non-hydrogen) atoms. The summed E-state index contributed by atoms with van der Waals surface area (Å²) in [4.78, 5) is 26.9. The van der Waals surface area contributed by atoms with Crippen molar-refractivity contribution in [1.29, 1.82) is 0 Å². The Hall–Kier alpha value is -1.36. The summed E-state index contributed by atoms with van der Waals surface area (Å²) in [5.41, 5.74) is 0.298. The van der Waals surface area contributed by atoms with E-state index in [0.29, 0.717) is 11.3 Å². The number of amides is 2. The molecule has 2 heterocycles. The molecule has 5 nitrogen and oxygen atoms in total. The second-order valence-corrected chi connectivity index (χ2v) is 7.08. The number of hydrogen-bond donors (Lipinski definition) is 1. The van der Waals surface area contributed by atoms with Crippen molar-refractivity contribution < 1.29 is 14.7 Å². The Morgan fingerprint density at radius 2 is 1.95 bits per heavy atom. The lowest BCUT2D eigenvalue weighted by Crippen LogP contribution is -2.43. The first-order chi connectivity index (χ1) is 9.79. The van der Waals surface area contributed by atoms with Crippen LogP contribution >= 0.6 is 0 Å². The van der Waals surface area contributed by atoms with E-state index in [0.717, 1.165) is 25.9 Å². The molecule has 1 unspecified atom stereocenters. The van der Waals surface area contributed by atoms with Crippen molar-refractivity contribution in [3.8, 4) is 0 Å². The van der Waals surface area contributed by atoms with Gasteiger partial charge in [0.1, 0.15) is 6.23 Å². The zero-order chi connectivity index (χ0) is 15.6. The van der Waals surface area contributed by atoms with Gasteiger partial charge in [-0.25, -0.2) is 0 Å². The third kappa shape index (κ3) is 3.84. The summed E-state index contributed by atoms with van der Waals surface area (Å²) in [6, 6.07) is 0. The van der Waals surface area contributed by atoms with Crippen LogP contribution in [0.25, 0.3) is 0 Å². The fourth-order valence-corrected chi connectivity index (χ4v) is 3.11. The highest BCUT2D eigenvalue weighted by Crippen LogP contribution is 2.34.